The van der Waals surface area contributed by atoms with Crippen molar-refractivity contribution in [1.82, 2.24) is 5.32 Å². The summed E-state index contributed by atoms with van der Waals surface area (Å²) in [7, 11) is -3.31. The third-order valence-electron chi connectivity index (χ3n) is 1.60. The fourth-order valence-corrected chi connectivity index (χ4v) is 2.10. The van der Waals surface area contributed by atoms with Gasteiger partial charge in [0.2, 0.25) is 0 Å². The van der Waals surface area contributed by atoms with Crippen LogP contribution in [0.5, 0.6) is 0 Å². The van der Waals surface area contributed by atoms with E-state index in [2.05, 4.69) is 26.1 Å². The van der Waals surface area contributed by atoms with Crippen LogP contribution in [-0.4, -0.2) is 29.7 Å². The first-order chi connectivity index (χ1) is 6.27. The van der Waals surface area contributed by atoms with E-state index in [4.69, 9.17) is 4.52 Å². The Balaban J connectivity index is 3.59. The van der Waals surface area contributed by atoms with Crippen molar-refractivity contribution in [2.24, 2.45) is 0 Å². The molecule has 0 aliphatic rings. The van der Waals surface area contributed by atoms with Gasteiger partial charge in [0.25, 0.3) is 0 Å². The predicted octanol–water partition coefficient (Wildman–Crippen LogP) is 1.99. The van der Waals surface area contributed by atoms with Crippen LogP contribution in [0.2, 0.25) is 0 Å². The van der Waals surface area contributed by atoms with Crippen LogP contribution in [0.25, 0.3) is 0 Å². The lowest BCUT2D eigenvalue weighted by Gasteiger charge is -2.20. The molecule has 0 saturated heterocycles. The third-order valence-corrected chi connectivity index (χ3v) is 3.15. The van der Waals surface area contributed by atoms with Crippen molar-refractivity contribution < 1.29 is 14.0 Å². The molecule has 0 saturated carbocycles. The standard InChI is InChI=1S/C9H22NO3P/c1-5-13-14(11,12)8-6-7-10-9(2,3)4/h10H,5-8H2,1-4H3,(H,11,12). The van der Waals surface area contributed by atoms with Crippen LogP contribution in [0.1, 0.15) is 34.1 Å². The summed E-state index contributed by atoms with van der Waals surface area (Å²) in [5, 5.41) is 3.25. The number of nitrogens with one attached hydrogen (secondary N) is 1. The lowest BCUT2D eigenvalue weighted by molar-refractivity contribution is 0.272. The molecule has 0 rings (SSSR count). The SMILES string of the molecule is CCOP(=O)(O)CCCNC(C)(C)C. The normalized spacial score (nSPS) is 16.6. The third kappa shape index (κ3) is 8.70. The van der Waals surface area contributed by atoms with Gasteiger partial charge >= 0.3 is 7.60 Å². The van der Waals surface area contributed by atoms with Crippen molar-refractivity contribution in [3.63, 3.8) is 0 Å². The lowest BCUT2D eigenvalue weighted by Crippen LogP contribution is -2.36. The molecule has 0 amide bonds. The van der Waals surface area contributed by atoms with Gasteiger partial charge in [0, 0.05) is 5.54 Å². The summed E-state index contributed by atoms with van der Waals surface area (Å²) < 4.78 is 16.0. The van der Waals surface area contributed by atoms with Gasteiger partial charge in [0.15, 0.2) is 0 Å². The summed E-state index contributed by atoms with van der Waals surface area (Å²) in [6, 6.07) is 0. The molecule has 0 spiro atoms. The maximum atomic E-state index is 11.2. The first-order valence-electron chi connectivity index (χ1n) is 4.98. The zero-order valence-electron chi connectivity index (χ0n) is 9.54. The molecular formula is C9H22NO3P. The number of rotatable bonds is 6. The highest BCUT2D eigenvalue weighted by atomic mass is 31.2. The zero-order chi connectivity index (χ0) is 11.2. The average molecular weight is 223 g/mol. The van der Waals surface area contributed by atoms with Crippen LogP contribution in [-0.2, 0) is 9.09 Å². The smallest absolute Gasteiger partial charge is 0.324 e. The van der Waals surface area contributed by atoms with Gasteiger partial charge in [-0.2, -0.15) is 0 Å². The summed E-state index contributed by atoms with van der Waals surface area (Å²) in [6.07, 6.45) is 0.884. The Morgan fingerprint density at radius 1 is 1.43 bits per heavy atom. The average Bonchev–Trinajstić information content (AvgIpc) is 1.96. The largest absolute Gasteiger partial charge is 0.328 e. The molecule has 2 N–H and O–H groups in total. The van der Waals surface area contributed by atoms with Gasteiger partial charge in [0.1, 0.15) is 0 Å². The van der Waals surface area contributed by atoms with Crippen LogP contribution < -0.4 is 5.32 Å². The Kier molecular flexibility index (Phi) is 5.91. The second-order valence-corrected chi connectivity index (χ2v) is 6.29. The fourth-order valence-electron chi connectivity index (χ4n) is 1.01. The molecule has 14 heavy (non-hydrogen) atoms. The second-order valence-electron chi connectivity index (χ2n) is 4.31. The first kappa shape index (κ1) is 14.1. The summed E-state index contributed by atoms with van der Waals surface area (Å²) in [5.74, 6) is 0. The van der Waals surface area contributed by atoms with E-state index in [1.807, 2.05) is 0 Å². The molecule has 0 radical (unpaired) electrons. The van der Waals surface area contributed by atoms with Crippen molar-refractivity contribution in [1.29, 1.82) is 0 Å². The quantitative estimate of drug-likeness (QED) is 0.534. The molecule has 0 aromatic rings. The Labute approximate surface area is 86.6 Å². The van der Waals surface area contributed by atoms with E-state index in [0.717, 1.165) is 6.54 Å². The highest BCUT2D eigenvalue weighted by Gasteiger charge is 2.17. The first-order valence-corrected chi connectivity index (χ1v) is 6.74. The molecular weight excluding hydrogens is 201 g/mol. The van der Waals surface area contributed by atoms with Crippen molar-refractivity contribution in [3.8, 4) is 0 Å². The molecule has 0 fully saturated rings. The van der Waals surface area contributed by atoms with Crippen LogP contribution in [0, 0.1) is 0 Å². The molecule has 0 bridgehead atoms. The van der Waals surface area contributed by atoms with Crippen LogP contribution in [0.3, 0.4) is 0 Å². The molecule has 4 nitrogen and oxygen atoms in total. The van der Waals surface area contributed by atoms with Crippen LogP contribution in [0.15, 0.2) is 0 Å². The molecule has 5 heteroatoms. The monoisotopic (exact) mass is 223 g/mol. The highest BCUT2D eigenvalue weighted by molar-refractivity contribution is 7.52. The van der Waals surface area contributed by atoms with Crippen LogP contribution >= 0.6 is 7.60 Å². The minimum Gasteiger partial charge on any atom is -0.324 e. The van der Waals surface area contributed by atoms with Gasteiger partial charge in [-0.1, -0.05) is 0 Å². The van der Waals surface area contributed by atoms with E-state index in [9.17, 15) is 9.46 Å². The number of hydrogen-bond acceptors (Lipinski definition) is 3. The summed E-state index contributed by atoms with van der Waals surface area (Å²) in [4.78, 5) is 9.25. The predicted molar refractivity (Wildman–Crippen MR) is 58.7 cm³/mol. The molecule has 0 heterocycles. The van der Waals surface area contributed by atoms with Crippen molar-refractivity contribution in [2.45, 2.75) is 39.7 Å². The van der Waals surface area contributed by atoms with Crippen molar-refractivity contribution in [2.75, 3.05) is 19.3 Å². The van der Waals surface area contributed by atoms with E-state index in [0.29, 0.717) is 13.0 Å². The Hall–Kier alpha value is 0.110. The highest BCUT2D eigenvalue weighted by Crippen LogP contribution is 2.41. The van der Waals surface area contributed by atoms with Gasteiger partial charge in [-0.3, -0.25) is 4.57 Å². The number of hydrogen-bond donors (Lipinski definition) is 2. The minimum absolute atomic E-state index is 0.0606. The van der Waals surface area contributed by atoms with Gasteiger partial charge < -0.3 is 14.7 Å². The Morgan fingerprint density at radius 3 is 2.43 bits per heavy atom. The van der Waals surface area contributed by atoms with Crippen molar-refractivity contribution in [3.05, 3.63) is 0 Å². The molecule has 0 aliphatic heterocycles. The Bertz CT molecular complexity index is 201. The summed E-state index contributed by atoms with van der Waals surface area (Å²) >= 11 is 0. The van der Waals surface area contributed by atoms with Gasteiger partial charge in [-0.15, -0.1) is 0 Å². The molecule has 86 valence electrons. The molecule has 1 atom stereocenters. The summed E-state index contributed by atoms with van der Waals surface area (Å²) in [6.45, 7) is 8.94. The van der Waals surface area contributed by atoms with E-state index < -0.39 is 7.60 Å². The zero-order valence-corrected chi connectivity index (χ0v) is 10.4. The Morgan fingerprint density at radius 2 is 2.00 bits per heavy atom. The molecule has 0 aliphatic carbocycles. The minimum atomic E-state index is -3.31. The van der Waals surface area contributed by atoms with Crippen molar-refractivity contribution >= 4 is 7.60 Å². The fraction of sp³-hybridized carbons (Fsp3) is 1.00. The molecule has 1 unspecified atom stereocenters. The van der Waals surface area contributed by atoms with E-state index in [-0.39, 0.29) is 11.7 Å². The van der Waals surface area contributed by atoms with E-state index in [1.54, 1.807) is 6.92 Å². The van der Waals surface area contributed by atoms with E-state index in [1.165, 1.54) is 0 Å². The maximum Gasteiger partial charge on any atom is 0.328 e. The second kappa shape index (κ2) is 5.86. The van der Waals surface area contributed by atoms with Gasteiger partial charge in [-0.05, 0) is 40.7 Å². The maximum absolute atomic E-state index is 11.2. The summed E-state index contributed by atoms with van der Waals surface area (Å²) in [5.41, 5.74) is 0.0606. The molecule has 0 aromatic heterocycles. The van der Waals surface area contributed by atoms with Gasteiger partial charge in [-0.25, -0.2) is 0 Å². The van der Waals surface area contributed by atoms with Crippen LogP contribution in [0.4, 0.5) is 0 Å². The van der Waals surface area contributed by atoms with E-state index >= 15 is 0 Å². The topological polar surface area (TPSA) is 58.6 Å². The lowest BCUT2D eigenvalue weighted by atomic mass is 10.1. The molecule has 0 aromatic carbocycles. The van der Waals surface area contributed by atoms with Gasteiger partial charge in [0.05, 0.1) is 12.8 Å².